The lowest BCUT2D eigenvalue weighted by molar-refractivity contribution is 0.102. The normalized spacial score (nSPS) is 10.2. The molecule has 2 rings (SSSR count). The summed E-state index contributed by atoms with van der Waals surface area (Å²) in [5.74, 6) is -0.766. The van der Waals surface area contributed by atoms with E-state index in [1.54, 1.807) is 5.38 Å². The minimum absolute atomic E-state index is 0.243. The molecular weight excluding hydrogens is 309 g/mol. The SMILES string of the molecule is Nc1nc(C(=O)Nc2ccc(F)c(Br)c2)cs1. The van der Waals surface area contributed by atoms with Crippen molar-refractivity contribution in [1.29, 1.82) is 0 Å². The summed E-state index contributed by atoms with van der Waals surface area (Å²) in [5, 5.41) is 4.48. The summed E-state index contributed by atoms with van der Waals surface area (Å²) < 4.78 is 13.3. The van der Waals surface area contributed by atoms with Gasteiger partial charge in [0.05, 0.1) is 4.47 Å². The number of carbonyl (C=O) groups is 1. The molecule has 0 unspecified atom stereocenters. The molecule has 0 spiro atoms. The average Bonchev–Trinajstić information content (AvgIpc) is 2.70. The van der Waals surface area contributed by atoms with Gasteiger partial charge in [0.15, 0.2) is 5.13 Å². The van der Waals surface area contributed by atoms with Gasteiger partial charge in [0.25, 0.3) is 5.91 Å². The summed E-state index contributed by atoms with van der Waals surface area (Å²) in [6, 6.07) is 4.20. The molecule has 7 heteroatoms. The molecule has 4 nitrogen and oxygen atoms in total. The molecule has 0 saturated heterocycles. The number of nitrogens with two attached hydrogens (primary N) is 1. The van der Waals surface area contributed by atoms with Crippen LogP contribution in [0.4, 0.5) is 15.2 Å². The van der Waals surface area contributed by atoms with Crippen LogP contribution in [0, 0.1) is 5.82 Å². The van der Waals surface area contributed by atoms with Crippen LogP contribution in [0.5, 0.6) is 0 Å². The van der Waals surface area contributed by atoms with Crippen molar-refractivity contribution in [2.24, 2.45) is 0 Å². The monoisotopic (exact) mass is 315 g/mol. The summed E-state index contributed by atoms with van der Waals surface area (Å²) >= 11 is 4.22. The Morgan fingerprint density at radius 2 is 2.29 bits per heavy atom. The van der Waals surface area contributed by atoms with E-state index >= 15 is 0 Å². The van der Waals surface area contributed by atoms with Crippen LogP contribution in [-0.2, 0) is 0 Å². The first-order valence-electron chi connectivity index (χ1n) is 4.53. The Morgan fingerprint density at radius 3 is 2.88 bits per heavy atom. The highest BCUT2D eigenvalue weighted by Gasteiger charge is 2.10. The molecule has 88 valence electrons. The van der Waals surface area contributed by atoms with E-state index in [1.165, 1.54) is 29.5 Å². The number of carbonyl (C=O) groups excluding carboxylic acids is 1. The predicted molar refractivity (Wildman–Crippen MR) is 68.6 cm³/mol. The largest absolute Gasteiger partial charge is 0.375 e. The second kappa shape index (κ2) is 4.80. The molecule has 0 aliphatic heterocycles. The van der Waals surface area contributed by atoms with Crippen molar-refractivity contribution >= 4 is 44.0 Å². The lowest BCUT2D eigenvalue weighted by atomic mass is 10.3. The lowest BCUT2D eigenvalue weighted by Crippen LogP contribution is -2.12. The number of nitrogen functional groups attached to an aromatic ring is 1. The fourth-order valence-corrected chi connectivity index (χ4v) is 2.08. The maximum absolute atomic E-state index is 13.0. The number of benzene rings is 1. The van der Waals surface area contributed by atoms with Crippen LogP contribution in [0.1, 0.15) is 10.5 Å². The van der Waals surface area contributed by atoms with Crippen molar-refractivity contribution in [2.45, 2.75) is 0 Å². The van der Waals surface area contributed by atoms with E-state index in [1.807, 2.05) is 0 Å². The summed E-state index contributed by atoms with van der Waals surface area (Å²) in [6.07, 6.45) is 0. The van der Waals surface area contributed by atoms with Gasteiger partial charge < -0.3 is 11.1 Å². The number of anilines is 2. The van der Waals surface area contributed by atoms with Crippen LogP contribution in [0.25, 0.3) is 0 Å². The van der Waals surface area contributed by atoms with Crippen LogP contribution in [-0.4, -0.2) is 10.9 Å². The molecule has 2 aromatic rings. The quantitative estimate of drug-likeness (QED) is 0.895. The zero-order valence-corrected chi connectivity index (χ0v) is 10.8. The van der Waals surface area contributed by atoms with Gasteiger partial charge >= 0.3 is 0 Å². The molecule has 0 aliphatic carbocycles. The van der Waals surface area contributed by atoms with E-state index in [0.717, 1.165) is 0 Å². The zero-order valence-electron chi connectivity index (χ0n) is 8.41. The van der Waals surface area contributed by atoms with E-state index in [2.05, 4.69) is 26.2 Å². The minimum atomic E-state index is -0.388. The first kappa shape index (κ1) is 12.0. The van der Waals surface area contributed by atoms with E-state index in [-0.39, 0.29) is 21.9 Å². The van der Waals surface area contributed by atoms with E-state index in [9.17, 15) is 9.18 Å². The topological polar surface area (TPSA) is 68.0 Å². The first-order chi connectivity index (χ1) is 8.06. The second-order valence-electron chi connectivity index (χ2n) is 3.15. The molecule has 0 fully saturated rings. The third-order valence-corrected chi connectivity index (χ3v) is 3.21. The Balaban J connectivity index is 2.15. The maximum atomic E-state index is 13.0. The van der Waals surface area contributed by atoms with E-state index in [4.69, 9.17) is 5.73 Å². The van der Waals surface area contributed by atoms with Gasteiger partial charge in [-0.25, -0.2) is 9.37 Å². The standard InChI is InChI=1S/C10H7BrFN3OS/c11-6-3-5(1-2-7(6)12)14-9(16)8-4-17-10(13)15-8/h1-4H,(H2,13,15)(H,14,16). The first-order valence-corrected chi connectivity index (χ1v) is 6.21. The van der Waals surface area contributed by atoms with Gasteiger partial charge in [-0.15, -0.1) is 11.3 Å². The number of hydrogen-bond donors (Lipinski definition) is 2. The minimum Gasteiger partial charge on any atom is -0.375 e. The Hall–Kier alpha value is -1.47. The molecule has 1 heterocycles. The maximum Gasteiger partial charge on any atom is 0.275 e. The van der Waals surface area contributed by atoms with E-state index < -0.39 is 0 Å². The predicted octanol–water partition coefficient (Wildman–Crippen LogP) is 2.88. The van der Waals surface area contributed by atoms with Gasteiger partial charge in [-0.3, -0.25) is 4.79 Å². The summed E-state index contributed by atoms with van der Waals surface area (Å²) in [6.45, 7) is 0. The Labute approximate surface area is 109 Å². The number of hydrogen-bond acceptors (Lipinski definition) is 4. The Kier molecular flexibility index (Phi) is 3.39. The van der Waals surface area contributed by atoms with Gasteiger partial charge in [0, 0.05) is 11.1 Å². The molecule has 0 radical (unpaired) electrons. The van der Waals surface area contributed by atoms with Crippen molar-refractivity contribution in [3.05, 3.63) is 39.6 Å². The number of nitrogens with zero attached hydrogens (tertiary/aromatic N) is 1. The molecule has 1 amide bonds. The second-order valence-corrected chi connectivity index (χ2v) is 4.90. The molecule has 0 atom stereocenters. The third-order valence-electron chi connectivity index (χ3n) is 1.93. The van der Waals surface area contributed by atoms with Gasteiger partial charge in [0.1, 0.15) is 11.5 Å². The molecule has 17 heavy (non-hydrogen) atoms. The van der Waals surface area contributed by atoms with Crippen molar-refractivity contribution in [3.63, 3.8) is 0 Å². The number of rotatable bonds is 2. The zero-order chi connectivity index (χ0) is 12.4. The Bertz CT molecular complexity index is 572. The fourth-order valence-electron chi connectivity index (χ4n) is 1.16. The number of halogens is 2. The third kappa shape index (κ3) is 2.80. The van der Waals surface area contributed by atoms with E-state index in [0.29, 0.717) is 10.8 Å². The van der Waals surface area contributed by atoms with Crippen LogP contribution in [0.3, 0.4) is 0 Å². The molecule has 3 N–H and O–H groups in total. The van der Waals surface area contributed by atoms with Gasteiger partial charge in [-0.05, 0) is 34.1 Å². The summed E-state index contributed by atoms with van der Waals surface area (Å²) in [4.78, 5) is 15.5. The van der Waals surface area contributed by atoms with Crippen molar-refractivity contribution in [3.8, 4) is 0 Å². The number of thiazole rings is 1. The van der Waals surface area contributed by atoms with Crippen LogP contribution in [0.2, 0.25) is 0 Å². The van der Waals surface area contributed by atoms with Crippen LogP contribution in [0.15, 0.2) is 28.1 Å². The number of amides is 1. The summed E-state index contributed by atoms with van der Waals surface area (Å²) in [5.41, 5.74) is 6.15. The molecule has 0 bridgehead atoms. The van der Waals surface area contributed by atoms with Gasteiger partial charge in [0.2, 0.25) is 0 Å². The van der Waals surface area contributed by atoms with Crippen LogP contribution >= 0.6 is 27.3 Å². The van der Waals surface area contributed by atoms with Crippen LogP contribution < -0.4 is 11.1 Å². The van der Waals surface area contributed by atoms with Crippen molar-refractivity contribution in [2.75, 3.05) is 11.1 Å². The molecule has 1 aromatic carbocycles. The van der Waals surface area contributed by atoms with Crippen molar-refractivity contribution < 1.29 is 9.18 Å². The molecule has 0 aliphatic rings. The highest BCUT2D eigenvalue weighted by molar-refractivity contribution is 9.10. The average molecular weight is 316 g/mol. The molecular formula is C10H7BrFN3OS. The molecule has 1 aromatic heterocycles. The molecule has 0 saturated carbocycles. The highest BCUT2D eigenvalue weighted by atomic mass is 79.9. The highest BCUT2D eigenvalue weighted by Crippen LogP contribution is 2.21. The lowest BCUT2D eigenvalue weighted by Gasteiger charge is -2.03. The smallest absolute Gasteiger partial charge is 0.275 e. The van der Waals surface area contributed by atoms with Gasteiger partial charge in [-0.2, -0.15) is 0 Å². The summed E-state index contributed by atoms with van der Waals surface area (Å²) in [7, 11) is 0. The Morgan fingerprint density at radius 1 is 1.53 bits per heavy atom. The number of aromatic nitrogens is 1. The van der Waals surface area contributed by atoms with Crippen molar-refractivity contribution in [1.82, 2.24) is 4.98 Å². The van der Waals surface area contributed by atoms with Gasteiger partial charge in [-0.1, -0.05) is 0 Å². The fraction of sp³-hybridized carbons (Fsp3) is 0. The number of nitrogens with one attached hydrogen (secondary N) is 1.